The maximum absolute atomic E-state index is 12.6. The SMILES string of the molecule is COCCOc1nc(-c2ccco2)n(-c2cccc(NC(=O)c3ccc(OC)cc3)c2)n1. The molecular formula is C23H22N4O5. The lowest BCUT2D eigenvalue weighted by molar-refractivity contribution is 0.102. The van der Waals surface area contributed by atoms with E-state index >= 15 is 0 Å². The van der Waals surface area contributed by atoms with Crippen molar-refractivity contribution in [3.8, 4) is 29.0 Å². The number of nitrogens with zero attached hydrogens (tertiary/aromatic N) is 3. The van der Waals surface area contributed by atoms with Crippen molar-refractivity contribution in [1.29, 1.82) is 0 Å². The number of hydrogen-bond acceptors (Lipinski definition) is 7. The van der Waals surface area contributed by atoms with Crippen molar-refractivity contribution in [2.24, 2.45) is 0 Å². The molecular weight excluding hydrogens is 412 g/mol. The normalized spacial score (nSPS) is 10.7. The Labute approximate surface area is 184 Å². The zero-order valence-electron chi connectivity index (χ0n) is 17.6. The molecule has 32 heavy (non-hydrogen) atoms. The Morgan fingerprint density at radius 3 is 2.62 bits per heavy atom. The van der Waals surface area contributed by atoms with Crippen molar-refractivity contribution in [2.75, 3.05) is 32.8 Å². The molecule has 0 saturated carbocycles. The Morgan fingerprint density at radius 1 is 1.06 bits per heavy atom. The molecule has 9 heteroatoms. The number of rotatable bonds is 9. The minimum absolute atomic E-state index is 0.195. The highest BCUT2D eigenvalue weighted by Crippen LogP contribution is 2.25. The van der Waals surface area contributed by atoms with Crippen LogP contribution in [-0.4, -0.2) is 48.1 Å². The molecule has 0 aliphatic heterocycles. The summed E-state index contributed by atoms with van der Waals surface area (Å²) < 4.78 is 22.8. The van der Waals surface area contributed by atoms with Crippen LogP contribution >= 0.6 is 0 Å². The standard InChI is InChI=1S/C23H22N4O5/c1-29-13-14-32-23-25-21(20-7-4-12-31-20)27(26-23)18-6-3-5-17(15-18)24-22(28)16-8-10-19(30-2)11-9-16/h3-12,15H,13-14H2,1-2H3,(H,24,28). The third kappa shape index (κ3) is 4.79. The molecule has 0 aliphatic rings. The van der Waals surface area contributed by atoms with Gasteiger partial charge in [-0.15, -0.1) is 5.10 Å². The molecule has 0 aliphatic carbocycles. The van der Waals surface area contributed by atoms with E-state index in [4.69, 9.17) is 18.6 Å². The molecule has 9 nitrogen and oxygen atoms in total. The summed E-state index contributed by atoms with van der Waals surface area (Å²) >= 11 is 0. The van der Waals surface area contributed by atoms with Crippen molar-refractivity contribution < 1.29 is 23.4 Å². The minimum atomic E-state index is -0.238. The highest BCUT2D eigenvalue weighted by molar-refractivity contribution is 6.04. The Morgan fingerprint density at radius 2 is 1.91 bits per heavy atom. The topological polar surface area (TPSA) is 101 Å². The van der Waals surface area contributed by atoms with Crippen molar-refractivity contribution in [1.82, 2.24) is 14.8 Å². The van der Waals surface area contributed by atoms with E-state index in [1.54, 1.807) is 73.7 Å². The Bertz CT molecular complexity index is 1170. The van der Waals surface area contributed by atoms with E-state index in [0.717, 1.165) is 0 Å². The molecule has 0 saturated heterocycles. The van der Waals surface area contributed by atoms with Crippen molar-refractivity contribution in [3.63, 3.8) is 0 Å². The van der Waals surface area contributed by atoms with Crippen LogP contribution in [0.5, 0.6) is 11.8 Å². The van der Waals surface area contributed by atoms with Gasteiger partial charge < -0.3 is 23.9 Å². The maximum atomic E-state index is 12.6. The summed E-state index contributed by atoms with van der Waals surface area (Å²) in [7, 11) is 3.17. The van der Waals surface area contributed by atoms with E-state index in [0.29, 0.717) is 47.5 Å². The largest absolute Gasteiger partial charge is 0.497 e. The van der Waals surface area contributed by atoms with Gasteiger partial charge in [0.15, 0.2) is 5.76 Å². The van der Waals surface area contributed by atoms with Crippen LogP contribution in [0.15, 0.2) is 71.3 Å². The first kappa shape index (κ1) is 21.1. The van der Waals surface area contributed by atoms with Gasteiger partial charge >= 0.3 is 6.01 Å². The second-order valence-electron chi connectivity index (χ2n) is 6.68. The molecule has 2 aromatic heterocycles. The number of ether oxygens (including phenoxy) is 3. The van der Waals surface area contributed by atoms with Crippen LogP contribution in [0.4, 0.5) is 5.69 Å². The van der Waals surface area contributed by atoms with Crippen LogP contribution < -0.4 is 14.8 Å². The summed E-state index contributed by atoms with van der Waals surface area (Å²) in [4.78, 5) is 17.1. The quantitative estimate of drug-likeness (QED) is 0.400. The summed E-state index contributed by atoms with van der Waals surface area (Å²) in [6, 6.07) is 17.9. The van der Waals surface area contributed by atoms with Crippen molar-refractivity contribution in [3.05, 3.63) is 72.5 Å². The number of methoxy groups -OCH3 is 2. The number of furan rings is 1. The summed E-state index contributed by atoms with van der Waals surface area (Å²) in [5.74, 6) is 1.45. The van der Waals surface area contributed by atoms with Crippen LogP contribution in [0.25, 0.3) is 17.3 Å². The Kier molecular flexibility index (Phi) is 6.47. The molecule has 0 radical (unpaired) electrons. The molecule has 4 rings (SSSR count). The van der Waals surface area contributed by atoms with Gasteiger partial charge in [0.1, 0.15) is 12.4 Å². The van der Waals surface area contributed by atoms with Crippen LogP contribution in [0, 0.1) is 0 Å². The van der Waals surface area contributed by atoms with Gasteiger partial charge in [-0.05, 0) is 54.6 Å². The van der Waals surface area contributed by atoms with Crippen molar-refractivity contribution >= 4 is 11.6 Å². The van der Waals surface area contributed by atoms with Gasteiger partial charge in [-0.1, -0.05) is 6.07 Å². The van der Waals surface area contributed by atoms with E-state index in [9.17, 15) is 4.79 Å². The second-order valence-corrected chi connectivity index (χ2v) is 6.68. The van der Waals surface area contributed by atoms with Gasteiger partial charge in [0, 0.05) is 18.4 Å². The molecule has 1 amide bonds. The molecule has 0 spiro atoms. The third-order valence-electron chi connectivity index (χ3n) is 4.55. The lowest BCUT2D eigenvalue weighted by Gasteiger charge is -2.09. The number of nitrogens with one attached hydrogen (secondary N) is 1. The van der Waals surface area contributed by atoms with E-state index in [-0.39, 0.29) is 11.9 Å². The van der Waals surface area contributed by atoms with Gasteiger partial charge in [-0.25, -0.2) is 4.68 Å². The highest BCUT2D eigenvalue weighted by Gasteiger charge is 2.17. The fourth-order valence-corrected chi connectivity index (χ4v) is 2.98. The van der Waals surface area contributed by atoms with Crippen LogP contribution in [-0.2, 0) is 4.74 Å². The van der Waals surface area contributed by atoms with E-state index in [2.05, 4.69) is 15.4 Å². The molecule has 0 unspecified atom stereocenters. The van der Waals surface area contributed by atoms with E-state index in [1.165, 1.54) is 0 Å². The monoisotopic (exact) mass is 434 g/mol. The van der Waals surface area contributed by atoms with Crippen molar-refractivity contribution in [2.45, 2.75) is 0 Å². The predicted octanol–water partition coefficient (Wildman–Crippen LogP) is 3.81. The molecule has 0 bridgehead atoms. The minimum Gasteiger partial charge on any atom is -0.497 e. The summed E-state index contributed by atoms with van der Waals surface area (Å²) in [5.41, 5.74) is 1.80. The molecule has 0 atom stereocenters. The number of benzene rings is 2. The molecule has 1 N–H and O–H groups in total. The van der Waals surface area contributed by atoms with Gasteiger partial charge in [-0.2, -0.15) is 4.98 Å². The molecule has 164 valence electrons. The van der Waals surface area contributed by atoms with E-state index < -0.39 is 0 Å². The van der Waals surface area contributed by atoms with Crippen LogP contribution in [0.3, 0.4) is 0 Å². The van der Waals surface area contributed by atoms with Gasteiger partial charge in [-0.3, -0.25) is 4.79 Å². The molecule has 2 aromatic carbocycles. The Hall–Kier alpha value is -4.11. The third-order valence-corrected chi connectivity index (χ3v) is 4.55. The predicted molar refractivity (Wildman–Crippen MR) is 117 cm³/mol. The lowest BCUT2D eigenvalue weighted by Crippen LogP contribution is -2.12. The van der Waals surface area contributed by atoms with Crippen LogP contribution in [0.1, 0.15) is 10.4 Å². The first-order chi connectivity index (χ1) is 15.7. The number of aromatic nitrogens is 3. The molecule has 0 fully saturated rings. The van der Waals surface area contributed by atoms with Gasteiger partial charge in [0.25, 0.3) is 5.91 Å². The van der Waals surface area contributed by atoms with Gasteiger partial charge in [0.2, 0.25) is 5.82 Å². The van der Waals surface area contributed by atoms with E-state index in [1.807, 2.05) is 12.1 Å². The summed E-state index contributed by atoms with van der Waals surface area (Å²) in [5, 5.41) is 7.34. The zero-order valence-corrected chi connectivity index (χ0v) is 17.6. The van der Waals surface area contributed by atoms with Crippen LogP contribution in [0.2, 0.25) is 0 Å². The summed E-state index contributed by atoms with van der Waals surface area (Å²) in [6.45, 7) is 0.730. The Balaban J connectivity index is 1.59. The smallest absolute Gasteiger partial charge is 0.336 e. The summed E-state index contributed by atoms with van der Waals surface area (Å²) in [6.07, 6.45) is 1.56. The van der Waals surface area contributed by atoms with Gasteiger partial charge in [0.05, 0.1) is 25.7 Å². The first-order valence-corrected chi connectivity index (χ1v) is 9.86. The average molecular weight is 434 g/mol. The number of anilines is 1. The molecule has 4 aromatic rings. The number of amides is 1. The fourth-order valence-electron chi connectivity index (χ4n) is 2.98. The second kappa shape index (κ2) is 9.80. The number of carbonyl (C=O) groups excluding carboxylic acids is 1. The molecule has 2 heterocycles. The zero-order chi connectivity index (χ0) is 22.3. The maximum Gasteiger partial charge on any atom is 0.336 e. The first-order valence-electron chi connectivity index (χ1n) is 9.86. The number of hydrogen-bond donors (Lipinski definition) is 1. The lowest BCUT2D eigenvalue weighted by atomic mass is 10.2. The number of carbonyl (C=O) groups is 1. The highest BCUT2D eigenvalue weighted by atomic mass is 16.5. The fraction of sp³-hybridized carbons (Fsp3) is 0.174. The average Bonchev–Trinajstić information content (AvgIpc) is 3.49.